The Labute approximate surface area is 121 Å². The maximum absolute atomic E-state index is 13.3. The molecule has 7 heteroatoms. The van der Waals surface area contributed by atoms with Crippen LogP contribution in [0.5, 0.6) is 0 Å². The molecule has 1 unspecified atom stereocenters. The largest absolute Gasteiger partial charge is 0.368 e. The van der Waals surface area contributed by atoms with E-state index < -0.39 is 6.17 Å². The average molecular weight is 284 g/mol. The Kier molecular flexibility index (Phi) is 3.36. The van der Waals surface area contributed by atoms with Gasteiger partial charge in [-0.3, -0.25) is 0 Å². The van der Waals surface area contributed by atoms with Crippen LogP contribution in [0.2, 0.25) is 0 Å². The standard InChI is InChI=1S/C14H13FN6/c15-9-4-6-21(8-9)13-2-1-10(19-12(13)7-16)11-3-5-18-14(17)20-11/h1-3,5,9H,4,6,8H2,(H2,17,18,20). The Morgan fingerprint density at radius 1 is 1.29 bits per heavy atom. The summed E-state index contributed by atoms with van der Waals surface area (Å²) in [5.41, 5.74) is 7.56. The second kappa shape index (κ2) is 5.32. The van der Waals surface area contributed by atoms with Crippen LogP contribution in [-0.4, -0.2) is 34.2 Å². The monoisotopic (exact) mass is 284 g/mol. The molecule has 106 valence electrons. The number of nitrogens with two attached hydrogens (primary N) is 1. The highest BCUT2D eigenvalue weighted by atomic mass is 19.1. The summed E-state index contributed by atoms with van der Waals surface area (Å²) in [5, 5.41) is 9.28. The van der Waals surface area contributed by atoms with Crippen molar-refractivity contribution in [3.63, 3.8) is 0 Å². The van der Waals surface area contributed by atoms with Crippen molar-refractivity contribution in [2.24, 2.45) is 0 Å². The molecule has 0 amide bonds. The average Bonchev–Trinajstić information content (AvgIpc) is 2.93. The summed E-state index contributed by atoms with van der Waals surface area (Å²) in [4.78, 5) is 14.0. The summed E-state index contributed by atoms with van der Waals surface area (Å²) in [5.74, 6) is 0.150. The maximum atomic E-state index is 13.3. The van der Waals surface area contributed by atoms with Crippen LogP contribution in [-0.2, 0) is 0 Å². The molecule has 1 aliphatic heterocycles. The number of rotatable bonds is 2. The van der Waals surface area contributed by atoms with Crippen molar-refractivity contribution >= 4 is 11.6 Å². The molecule has 1 atom stereocenters. The Bertz CT molecular complexity index is 711. The van der Waals surface area contributed by atoms with Crippen LogP contribution in [0.1, 0.15) is 12.1 Å². The van der Waals surface area contributed by atoms with Gasteiger partial charge in [0, 0.05) is 19.3 Å². The SMILES string of the molecule is N#Cc1nc(-c2ccnc(N)n2)ccc1N1CCC(F)C1. The first-order valence-electron chi connectivity index (χ1n) is 6.56. The molecule has 2 N–H and O–H groups in total. The Balaban J connectivity index is 1.98. The molecule has 3 rings (SSSR count). The molecule has 6 nitrogen and oxygen atoms in total. The van der Waals surface area contributed by atoms with Crippen LogP contribution in [0.25, 0.3) is 11.4 Å². The Morgan fingerprint density at radius 2 is 2.10 bits per heavy atom. The number of halogens is 1. The minimum atomic E-state index is -0.849. The summed E-state index contributed by atoms with van der Waals surface area (Å²) in [6.07, 6.45) is 1.17. The number of nitrogen functional groups attached to an aromatic ring is 1. The molecule has 1 aliphatic rings. The summed E-state index contributed by atoms with van der Waals surface area (Å²) in [6.45, 7) is 0.896. The van der Waals surface area contributed by atoms with Gasteiger partial charge in [-0.25, -0.2) is 19.3 Å². The fourth-order valence-corrected chi connectivity index (χ4v) is 2.38. The van der Waals surface area contributed by atoms with Crippen molar-refractivity contribution in [1.29, 1.82) is 5.26 Å². The zero-order valence-corrected chi connectivity index (χ0v) is 11.2. The molecule has 0 spiro atoms. The predicted octanol–water partition coefficient (Wildman–Crippen LogP) is 1.54. The molecular formula is C14H13FN6. The molecule has 1 saturated heterocycles. The second-order valence-corrected chi connectivity index (χ2v) is 4.81. The minimum Gasteiger partial charge on any atom is -0.368 e. The van der Waals surface area contributed by atoms with E-state index in [1.54, 1.807) is 18.2 Å². The maximum Gasteiger partial charge on any atom is 0.220 e. The van der Waals surface area contributed by atoms with Gasteiger partial charge >= 0.3 is 0 Å². The number of anilines is 2. The highest BCUT2D eigenvalue weighted by molar-refractivity contribution is 5.64. The van der Waals surface area contributed by atoms with E-state index in [9.17, 15) is 9.65 Å². The molecule has 0 aromatic carbocycles. The van der Waals surface area contributed by atoms with Crippen LogP contribution < -0.4 is 10.6 Å². The van der Waals surface area contributed by atoms with Gasteiger partial charge in [-0.15, -0.1) is 0 Å². The topological polar surface area (TPSA) is 91.7 Å². The summed E-state index contributed by atoms with van der Waals surface area (Å²) in [6, 6.07) is 7.26. The molecule has 0 bridgehead atoms. The number of alkyl halides is 1. The zero-order chi connectivity index (χ0) is 14.8. The van der Waals surface area contributed by atoms with E-state index in [1.165, 1.54) is 6.20 Å². The highest BCUT2D eigenvalue weighted by Gasteiger charge is 2.24. The van der Waals surface area contributed by atoms with E-state index in [0.29, 0.717) is 36.6 Å². The molecule has 0 aliphatic carbocycles. The summed E-state index contributed by atoms with van der Waals surface area (Å²) < 4.78 is 13.3. The predicted molar refractivity (Wildman–Crippen MR) is 76.1 cm³/mol. The minimum absolute atomic E-state index is 0.150. The van der Waals surface area contributed by atoms with E-state index in [1.807, 2.05) is 4.90 Å². The van der Waals surface area contributed by atoms with Gasteiger partial charge in [-0.1, -0.05) is 0 Å². The van der Waals surface area contributed by atoms with Crippen molar-refractivity contribution in [1.82, 2.24) is 15.0 Å². The van der Waals surface area contributed by atoms with Gasteiger partial charge in [0.05, 0.1) is 17.1 Å². The quantitative estimate of drug-likeness (QED) is 0.899. The third-order valence-corrected chi connectivity index (χ3v) is 3.39. The van der Waals surface area contributed by atoms with Crippen molar-refractivity contribution in [3.8, 4) is 17.5 Å². The molecule has 21 heavy (non-hydrogen) atoms. The van der Waals surface area contributed by atoms with Crippen LogP contribution in [0.3, 0.4) is 0 Å². The lowest BCUT2D eigenvalue weighted by atomic mass is 10.2. The van der Waals surface area contributed by atoms with Gasteiger partial charge < -0.3 is 10.6 Å². The first-order valence-corrected chi connectivity index (χ1v) is 6.56. The van der Waals surface area contributed by atoms with E-state index in [0.717, 1.165) is 0 Å². The summed E-state index contributed by atoms with van der Waals surface area (Å²) >= 11 is 0. The van der Waals surface area contributed by atoms with Crippen LogP contribution >= 0.6 is 0 Å². The Morgan fingerprint density at radius 3 is 2.76 bits per heavy atom. The molecule has 2 aromatic heterocycles. The first kappa shape index (κ1) is 13.2. The fourth-order valence-electron chi connectivity index (χ4n) is 2.38. The van der Waals surface area contributed by atoms with Crippen molar-refractivity contribution in [2.75, 3.05) is 23.7 Å². The number of pyridine rings is 1. The first-order chi connectivity index (χ1) is 10.2. The second-order valence-electron chi connectivity index (χ2n) is 4.81. The van der Waals surface area contributed by atoms with Crippen LogP contribution in [0, 0.1) is 11.3 Å². The lowest BCUT2D eigenvalue weighted by Crippen LogP contribution is -2.21. The lowest BCUT2D eigenvalue weighted by Gasteiger charge is -2.18. The highest BCUT2D eigenvalue weighted by Crippen LogP contribution is 2.27. The van der Waals surface area contributed by atoms with E-state index in [2.05, 4.69) is 21.0 Å². The number of hydrogen-bond acceptors (Lipinski definition) is 6. The van der Waals surface area contributed by atoms with Gasteiger partial charge in [0.15, 0.2) is 5.69 Å². The van der Waals surface area contributed by atoms with Gasteiger partial charge in [-0.2, -0.15) is 5.26 Å². The van der Waals surface area contributed by atoms with E-state index in [4.69, 9.17) is 5.73 Å². The van der Waals surface area contributed by atoms with Crippen LogP contribution in [0.15, 0.2) is 24.4 Å². The molecule has 2 aromatic rings. The van der Waals surface area contributed by atoms with Gasteiger partial charge in [0.25, 0.3) is 0 Å². The fraction of sp³-hybridized carbons (Fsp3) is 0.286. The van der Waals surface area contributed by atoms with Crippen LogP contribution in [0.4, 0.5) is 16.0 Å². The molecule has 3 heterocycles. The van der Waals surface area contributed by atoms with Crippen molar-refractivity contribution in [3.05, 3.63) is 30.1 Å². The smallest absolute Gasteiger partial charge is 0.220 e. The number of aromatic nitrogens is 3. The molecule has 0 radical (unpaired) electrons. The molecular weight excluding hydrogens is 271 g/mol. The van der Waals surface area contributed by atoms with Crippen molar-refractivity contribution < 1.29 is 4.39 Å². The normalized spacial score (nSPS) is 17.7. The van der Waals surface area contributed by atoms with Crippen molar-refractivity contribution in [2.45, 2.75) is 12.6 Å². The molecule has 0 saturated carbocycles. The zero-order valence-electron chi connectivity index (χ0n) is 11.2. The van der Waals surface area contributed by atoms with Gasteiger partial charge in [-0.05, 0) is 24.6 Å². The Hall–Kier alpha value is -2.75. The van der Waals surface area contributed by atoms with E-state index in [-0.39, 0.29) is 11.6 Å². The van der Waals surface area contributed by atoms with E-state index >= 15 is 0 Å². The number of hydrogen-bond donors (Lipinski definition) is 1. The van der Waals surface area contributed by atoms with Gasteiger partial charge in [0.2, 0.25) is 5.95 Å². The summed E-state index contributed by atoms with van der Waals surface area (Å²) in [7, 11) is 0. The third kappa shape index (κ3) is 2.60. The van der Waals surface area contributed by atoms with Gasteiger partial charge in [0.1, 0.15) is 12.2 Å². The molecule has 1 fully saturated rings. The third-order valence-electron chi connectivity index (χ3n) is 3.39. The number of nitrogens with zero attached hydrogens (tertiary/aromatic N) is 5. The lowest BCUT2D eigenvalue weighted by molar-refractivity contribution is 0.364. The number of nitriles is 1.